The molecule has 178 valence electrons. The highest BCUT2D eigenvalue weighted by Crippen LogP contribution is 2.39. The molecule has 1 fully saturated rings. The van der Waals surface area contributed by atoms with E-state index < -0.39 is 8.32 Å². The van der Waals surface area contributed by atoms with E-state index in [9.17, 15) is 4.79 Å². The summed E-state index contributed by atoms with van der Waals surface area (Å²) < 4.78 is 34.6. The number of rotatable bonds is 14. The van der Waals surface area contributed by atoms with E-state index in [0.29, 0.717) is 19.3 Å². The molecular weight excluding hydrogens is 404 g/mol. The molecule has 8 heteroatoms. The Morgan fingerprint density at radius 3 is 2.23 bits per heavy atom. The lowest BCUT2D eigenvalue weighted by atomic mass is 9.95. The molecule has 5 atom stereocenters. The highest BCUT2D eigenvalue weighted by molar-refractivity contribution is 6.74. The summed E-state index contributed by atoms with van der Waals surface area (Å²) in [5.41, 5.74) is 0. The van der Waals surface area contributed by atoms with Gasteiger partial charge in [-0.3, -0.25) is 0 Å². The van der Waals surface area contributed by atoms with Crippen LogP contribution in [0.3, 0.4) is 0 Å². The van der Waals surface area contributed by atoms with Crippen LogP contribution < -0.4 is 0 Å². The molecule has 0 aliphatic carbocycles. The van der Waals surface area contributed by atoms with Crippen molar-refractivity contribution in [1.82, 2.24) is 0 Å². The minimum Gasteiger partial charge on any atom is -0.414 e. The summed E-state index contributed by atoms with van der Waals surface area (Å²) in [7, 11) is 1.32. The fourth-order valence-electron chi connectivity index (χ4n) is 3.48. The average Bonchev–Trinajstić information content (AvgIpc) is 2.63. The standard InChI is InChI=1S/C22H44O7Si/c1-17(26-15-24-5)11-19(27-16-25-6)13-20-14-21(12-18(28-20)9-10-23)29-30(7,8)22(2,3)4/h10,17-21H,9,11-16H2,1-8H3/t17-,18-,19-,20-,21+/m0/s1. The lowest BCUT2D eigenvalue weighted by molar-refractivity contribution is -0.144. The van der Waals surface area contributed by atoms with Gasteiger partial charge in [0, 0.05) is 33.2 Å². The first-order chi connectivity index (χ1) is 14.0. The monoisotopic (exact) mass is 448 g/mol. The zero-order valence-corrected chi connectivity index (χ0v) is 21.3. The summed E-state index contributed by atoms with van der Waals surface area (Å²) >= 11 is 0. The van der Waals surface area contributed by atoms with Crippen molar-refractivity contribution in [2.45, 2.75) is 108 Å². The van der Waals surface area contributed by atoms with E-state index in [-0.39, 0.29) is 49.1 Å². The Hall–Kier alpha value is -0.353. The van der Waals surface area contributed by atoms with E-state index in [0.717, 1.165) is 19.1 Å². The second kappa shape index (κ2) is 13.3. The summed E-state index contributed by atoms with van der Waals surface area (Å²) in [5, 5.41) is 0.138. The van der Waals surface area contributed by atoms with Crippen LogP contribution in [0.4, 0.5) is 0 Å². The summed E-state index contributed by atoms with van der Waals surface area (Å²) in [4.78, 5) is 11.2. The van der Waals surface area contributed by atoms with Gasteiger partial charge in [0.25, 0.3) is 0 Å². The van der Waals surface area contributed by atoms with Crippen LogP contribution in [0.25, 0.3) is 0 Å². The molecule has 0 spiro atoms. The molecule has 0 bridgehead atoms. The Morgan fingerprint density at radius 1 is 1.07 bits per heavy atom. The van der Waals surface area contributed by atoms with Crippen LogP contribution in [0.15, 0.2) is 0 Å². The second-order valence-electron chi connectivity index (χ2n) is 9.80. The van der Waals surface area contributed by atoms with Crippen LogP contribution >= 0.6 is 0 Å². The quantitative estimate of drug-likeness (QED) is 0.223. The van der Waals surface area contributed by atoms with E-state index in [1.54, 1.807) is 14.2 Å². The molecule has 0 aromatic carbocycles. The van der Waals surface area contributed by atoms with Gasteiger partial charge >= 0.3 is 0 Å². The number of hydrogen-bond donors (Lipinski definition) is 0. The van der Waals surface area contributed by atoms with Crippen molar-refractivity contribution in [3.63, 3.8) is 0 Å². The van der Waals surface area contributed by atoms with Crippen LogP contribution in [-0.2, 0) is 32.9 Å². The lowest BCUT2D eigenvalue weighted by Gasteiger charge is -2.43. The topological polar surface area (TPSA) is 72.5 Å². The summed E-state index contributed by atoms with van der Waals surface area (Å²) in [6, 6.07) is 0. The molecule has 1 saturated heterocycles. The van der Waals surface area contributed by atoms with Gasteiger partial charge in [0.1, 0.15) is 19.9 Å². The number of carbonyl (C=O) groups is 1. The molecule has 0 N–H and O–H groups in total. The van der Waals surface area contributed by atoms with E-state index in [2.05, 4.69) is 33.9 Å². The number of carbonyl (C=O) groups excluding carboxylic acids is 1. The maximum Gasteiger partial charge on any atom is 0.192 e. The molecule has 7 nitrogen and oxygen atoms in total. The number of ether oxygens (including phenoxy) is 5. The normalized spacial score (nSPS) is 25.1. The number of hydrogen-bond acceptors (Lipinski definition) is 7. The third-order valence-corrected chi connectivity index (χ3v) is 10.6. The van der Waals surface area contributed by atoms with Gasteiger partial charge in [0.2, 0.25) is 0 Å². The van der Waals surface area contributed by atoms with Crippen molar-refractivity contribution < 1.29 is 32.9 Å². The second-order valence-corrected chi connectivity index (χ2v) is 14.6. The highest BCUT2D eigenvalue weighted by Gasteiger charge is 2.41. The van der Waals surface area contributed by atoms with E-state index >= 15 is 0 Å². The minimum absolute atomic E-state index is 0.0135. The minimum atomic E-state index is -1.91. The van der Waals surface area contributed by atoms with Crippen LogP contribution in [-0.4, -0.2) is 72.9 Å². The number of aldehydes is 1. The molecule has 1 heterocycles. The maximum absolute atomic E-state index is 11.2. The summed E-state index contributed by atoms with van der Waals surface area (Å²) in [5.74, 6) is 0. The van der Waals surface area contributed by atoms with Crippen molar-refractivity contribution in [2.75, 3.05) is 27.8 Å². The van der Waals surface area contributed by atoms with Gasteiger partial charge in [-0.1, -0.05) is 20.8 Å². The van der Waals surface area contributed by atoms with Crippen LogP contribution in [0.5, 0.6) is 0 Å². The van der Waals surface area contributed by atoms with Gasteiger partial charge in [-0.2, -0.15) is 0 Å². The smallest absolute Gasteiger partial charge is 0.192 e. The maximum atomic E-state index is 11.2. The Balaban J connectivity index is 2.81. The SMILES string of the molecule is COCO[C@H](C[C@H]1C[C@H](O[Si](C)(C)C(C)(C)C)C[C@H](CC=O)O1)C[C@H](C)OCOC. The lowest BCUT2D eigenvalue weighted by Crippen LogP contribution is -2.48. The van der Waals surface area contributed by atoms with Gasteiger partial charge < -0.3 is 32.9 Å². The molecular formula is C22H44O7Si. The van der Waals surface area contributed by atoms with E-state index in [4.69, 9.17) is 28.1 Å². The summed E-state index contributed by atoms with van der Waals surface area (Å²) in [6.45, 7) is 13.7. The fraction of sp³-hybridized carbons (Fsp3) is 0.955. The third-order valence-electron chi connectivity index (χ3n) is 6.08. The molecule has 0 aromatic heterocycles. The van der Waals surface area contributed by atoms with Crippen molar-refractivity contribution in [1.29, 1.82) is 0 Å². The molecule has 0 aromatic rings. The molecule has 0 amide bonds. The molecule has 1 aliphatic heterocycles. The fourth-order valence-corrected chi connectivity index (χ4v) is 4.86. The van der Waals surface area contributed by atoms with Crippen molar-refractivity contribution >= 4 is 14.6 Å². The Bertz CT molecular complexity index is 481. The van der Waals surface area contributed by atoms with Crippen molar-refractivity contribution in [3.8, 4) is 0 Å². The zero-order valence-electron chi connectivity index (χ0n) is 20.3. The van der Waals surface area contributed by atoms with Crippen LogP contribution in [0, 0.1) is 0 Å². The summed E-state index contributed by atoms with van der Waals surface area (Å²) in [6.07, 6.45) is 4.18. The number of methoxy groups -OCH3 is 2. The van der Waals surface area contributed by atoms with Crippen molar-refractivity contribution in [2.24, 2.45) is 0 Å². The highest BCUT2D eigenvalue weighted by atomic mass is 28.4. The molecule has 1 rings (SSSR count). The predicted molar refractivity (Wildman–Crippen MR) is 119 cm³/mol. The van der Waals surface area contributed by atoms with Crippen LogP contribution in [0.2, 0.25) is 18.1 Å². The van der Waals surface area contributed by atoms with Gasteiger partial charge in [0.05, 0.1) is 24.4 Å². The van der Waals surface area contributed by atoms with Gasteiger partial charge in [-0.25, -0.2) is 0 Å². The third kappa shape index (κ3) is 9.85. The average molecular weight is 449 g/mol. The first-order valence-electron chi connectivity index (χ1n) is 11.0. The Morgan fingerprint density at radius 2 is 1.67 bits per heavy atom. The molecule has 0 saturated carbocycles. The van der Waals surface area contributed by atoms with Gasteiger partial charge in [-0.15, -0.1) is 0 Å². The van der Waals surface area contributed by atoms with Gasteiger partial charge in [-0.05, 0) is 44.3 Å². The Labute approximate surface area is 184 Å². The first-order valence-corrected chi connectivity index (χ1v) is 13.9. The largest absolute Gasteiger partial charge is 0.414 e. The van der Waals surface area contributed by atoms with Crippen molar-refractivity contribution in [3.05, 3.63) is 0 Å². The molecule has 0 unspecified atom stereocenters. The first kappa shape index (κ1) is 27.7. The van der Waals surface area contributed by atoms with E-state index in [1.807, 2.05) is 6.92 Å². The van der Waals surface area contributed by atoms with Gasteiger partial charge in [0.15, 0.2) is 8.32 Å². The van der Waals surface area contributed by atoms with E-state index in [1.165, 1.54) is 0 Å². The molecule has 0 radical (unpaired) electrons. The molecule has 30 heavy (non-hydrogen) atoms. The predicted octanol–water partition coefficient (Wildman–Crippen LogP) is 4.29. The van der Waals surface area contributed by atoms with Crippen LogP contribution in [0.1, 0.15) is 59.8 Å². The molecule has 1 aliphatic rings. The Kier molecular flexibility index (Phi) is 12.2. The zero-order chi connectivity index (χ0) is 22.8.